The molecule has 15 heavy (non-hydrogen) atoms. The van der Waals surface area contributed by atoms with Crippen LogP contribution >= 0.6 is 11.3 Å². The molecule has 0 aromatic carbocycles. The number of aliphatic hydroxyl groups excluding tert-OH is 1. The first kappa shape index (κ1) is 11.2. The predicted octanol–water partition coefficient (Wildman–Crippen LogP) is 3.36. The van der Waals surface area contributed by atoms with Gasteiger partial charge in [-0.3, -0.25) is 0 Å². The number of rotatable bonds is 4. The molecule has 1 aromatic rings. The molecule has 2 heteroatoms. The van der Waals surface area contributed by atoms with Crippen molar-refractivity contribution < 1.29 is 5.11 Å². The van der Waals surface area contributed by atoms with Crippen molar-refractivity contribution in [2.24, 2.45) is 5.41 Å². The number of hydrogen-bond donors (Lipinski definition) is 1. The molecule has 1 aromatic heterocycles. The highest BCUT2D eigenvalue weighted by atomic mass is 32.1. The van der Waals surface area contributed by atoms with Crippen LogP contribution in [0.2, 0.25) is 0 Å². The van der Waals surface area contributed by atoms with Crippen LogP contribution in [0.4, 0.5) is 0 Å². The molecule has 0 aliphatic heterocycles. The summed E-state index contributed by atoms with van der Waals surface area (Å²) in [6, 6.07) is 4.45. The summed E-state index contributed by atoms with van der Waals surface area (Å²) in [6.45, 7) is 7.01. The molecule has 0 radical (unpaired) electrons. The molecule has 0 bridgehead atoms. The first-order chi connectivity index (χ1) is 7.05. The van der Waals surface area contributed by atoms with Crippen molar-refractivity contribution in [3.63, 3.8) is 0 Å². The highest BCUT2D eigenvalue weighted by Crippen LogP contribution is 2.65. The minimum absolute atomic E-state index is 0.0731. The first-order valence-electron chi connectivity index (χ1n) is 5.76. The summed E-state index contributed by atoms with van der Waals surface area (Å²) in [7, 11) is 0. The van der Waals surface area contributed by atoms with Crippen molar-refractivity contribution in [2.75, 3.05) is 6.61 Å². The Morgan fingerprint density at radius 3 is 2.53 bits per heavy atom. The molecule has 0 saturated heterocycles. The standard InChI is InChI=1S/C13H20OS/c1-4-5-10-6-7-11(15-10)13(9-14)8-12(13,2)3/h6-7,14H,4-5,8-9H2,1-3H3. The number of aliphatic hydroxyl groups is 1. The van der Waals surface area contributed by atoms with Gasteiger partial charge in [-0.15, -0.1) is 11.3 Å². The zero-order valence-corrected chi connectivity index (χ0v) is 10.7. The number of thiophene rings is 1. The Bertz CT molecular complexity index is 353. The van der Waals surface area contributed by atoms with E-state index < -0.39 is 0 Å². The van der Waals surface area contributed by atoms with Crippen molar-refractivity contribution >= 4 is 11.3 Å². The van der Waals surface area contributed by atoms with Crippen LogP contribution in [0.25, 0.3) is 0 Å². The molecular weight excluding hydrogens is 204 g/mol. The van der Waals surface area contributed by atoms with E-state index in [9.17, 15) is 5.11 Å². The minimum Gasteiger partial charge on any atom is -0.395 e. The van der Waals surface area contributed by atoms with Crippen molar-refractivity contribution in [1.82, 2.24) is 0 Å². The van der Waals surface area contributed by atoms with E-state index in [1.54, 1.807) is 0 Å². The predicted molar refractivity (Wildman–Crippen MR) is 65.5 cm³/mol. The summed E-state index contributed by atoms with van der Waals surface area (Å²) in [4.78, 5) is 2.85. The van der Waals surface area contributed by atoms with E-state index in [0.29, 0.717) is 6.61 Å². The summed E-state index contributed by atoms with van der Waals surface area (Å²) < 4.78 is 0. The Hall–Kier alpha value is -0.340. The van der Waals surface area contributed by atoms with Gasteiger partial charge in [-0.05, 0) is 30.4 Å². The van der Waals surface area contributed by atoms with Crippen LogP contribution in [-0.2, 0) is 11.8 Å². The van der Waals surface area contributed by atoms with Crippen molar-refractivity contribution in [3.8, 4) is 0 Å². The van der Waals surface area contributed by atoms with Crippen LogP contribution in [0.3, 0.4) is 0 Å². The summed E-state index contributed by atoms with van der Waals surface area (Å²) in [5, 5.41) is 9.59. The maximum atomic E-state index is 9.59. The molecule has 0 amide bonds. The van der Waals surface area contributed by atoms with E-state index in [-0.39, 0.29) is 10.8 Å². The van der Waals surface area contributed by atoms with E-state index in [4.69, 9.17) is 0 Å². The second kappa shape index (κ2) is 3.60. The normalized spacial score (nSPS) is 28.0. The van der Waals surface area contributed by atoms with E-state index in [2.05, 4.69) is 32.9 Å². The lowest BCUT2D eigenvalue weighted by Gasteiger charge is -2.15. The fourth-order valence-electron chi connectivity index (χ4n) is 2.49. The SMILES string of the molecule is CCCc1ccc(C2(CO)CC2(C)C)s1. The van der Waals surface area contributed by atoms with Crippen molar-refractivity contribution in [1.29, 1.82) is 0 Å². The molecule has 1 N–H and O–H groups in total. The average molecular weight is 224 g/mol. The van der Waals surface area contributed by atoms with Crippen LogP contribution in [0, 0.1) is 5.41 Å². The molecule has 1 heterocycles. The highest BCUT2D eigenvalue weighted by Gasteiger charge is 2.62. The highest BCUT2D eigenvalue weighted by molar-refractivity contribution is 7.12. The van der Waals surface area contributed by atoms with Gasteiger partial charge in [0.15, 0.2) is 0 Å². The lowest BCUT2D eigenvalue weighted by molar-refractivity contribution is 0.233. The third kappa shape index (κ3) is 1.64. The topological polar surface area (TPSA) is 20.2 Å². The fraction of sp³-hybridized carbons (Fsp3) is 0.692. The zero-order valence-electron chi connectivity index (χ0n) is 9.84. The smallest absolute Gasteiger partial charge is 0.0541 e. The molecule has 1 nitrogen and oxygen atoms in total. The molecule has 1 unspecified atom stereocenters. The van der Waals surface area contributed by atoms with Crippen LogP contribution in [0.15, 0.2) is 12.1 Å². The van der Waals surface area contributed by atoms with Gasteiger partial charge in [0.1, 0.15) is 0 Å². The van der Waals surface area contributed by atoms with Gasteiger partial charge in [-0.1, -0.05) is 27.2 Å². The quantitative estimate of drug-likeness (QED) is 0.831. The third-order valence-corrected chi connectivity index (χ3v) is 5.16. The molecule has 1 aliphatic rings. The Labute approximate surface area is 96.1 Å². The third-order valence-electron chi connectivity index (χ3n) is 3.81. The largest absolute Gasteiger partial charge is 0.395 e. The zero-order chi connectivity index (χ0) is 11.1. The van der Waals surface area contributed by atoms with Crippen LogP contribution < -0.4 is 0 Å². The maximum absolute atomic E-state index is 9.59. The van der Waals surface area contributed by atoms with Gasteiger partial charge in [-0.25, -0.2) is 0 Å². The van der Waals surface area contributed by atoms with Gasteiger partial charge in [0.05, 0.1) is 6.61 Å². The van der Waals surface area contributed by atoms with Crippen molar-refractivity contribution in [3.05, 3.63) is 21.9 Å². The summed E-state index contributed by atoms with van der Waals surface area (Å²) in [5.41, 5.74) is 0.361. The van der Waals surface area contributed by atoms with E-state index in [1.165, 1.54) is 22.6 Å². The summed E-state index contributed by atoms with van der Waals surface area (Å²) in [5.74, 6) is 0. The van der Waals surface area contributed by atoms with E-state index in [0.717, 1.165) is 6.42 Å². The second-order valence-corrected chi connectivity index (χ2v) is 6.49. The van der Waals surface area contributed by atoms with Gasteiger partial charge in [0, 0.05) is 15.2 Å². The number of aryl methyl sites for hydroxylation is 1. The molecule has 1 aliphatic carbocycles. The van der Waals surface area contributed by atoms with Gasteiger partial charge in [0.25, 0.3) is 0 Å². The van der Waals surface area contributed by atoms with Crippen LogP contribution in [0.1, 0.15) is 43.4 Å². The maximum Gasteiger partial charge on any atom is 0.0541 e. The molecule has 0 spiro atoms. The monoisotopic (exact) mass is 224 g/mol. The Morgan fingerprint density at radius 2 is 2.07 bits per heavy atom. The van der Waals surface area contributed by atoms with Gasteiger partial charge in [0.2, 0.25) is 0 Å². The van der Waals surface area contributed by atoms with Gasteiger partial charge < -0.3 is 5.11 Å². The van der Waals surface area contributed by atoms with Gasteiger partial charge in [-0.2, -0.15) is 0 Å². The van der Waals surface area contributed by atoms with E-state index in [1.807, 2.05) is 11.3 Å². The van der Waals surface area contributed by atoms with Crippen LogP contribution in [0.5, 0.6) is 0 Å². The summed E-state index contributed by atoms with van der Waals surface area (Å²) in [6.07, 6.45) is 3.50. The lowest BCUT2D eigenvalue weighted by atomic mass is 9.95. The van der Waals surface area contributed by atoms with E-state index >= 15 is 0 Å². The molecule has 1 saturated carbocycles. The fourth-order valence-corrected chi connectivity index (χ4v) is 3.96. The average Bonchev–Trinajstić information content (AvgIpc) is 2.59. The summed E-state index contributed by atoms with van der Waals surface area (Å²) >= 11 is 1.89. The molecule has 1 fully saturated rings. The Balaban J connectivity index is 2.22. The van der Waals surface area contributed by atoms with Crippen LogP contribution in [-0.4, -0.2) is 11.7 Å². The molecular formula is C13H20OS. The molecule has 1 atom stereocenters. The molecule has 2 rings (SSSR count). The Kier molecular flexibility index (Phi) is 2.68. The lowest BCUT2D eigenvalue weighted by Crippen LogP contribution is -2.17. The second-order valence-electron chi connectivity index (χ2n) is 5.32. The first-order valence-corrected chi connectivity index (χ1v) is 6.57. The Morgan fingerprint density at radius 1 is 1.40 bits per heavy atom. The van der Waals surface area contributed by atoms with Gasteiger partial charge >= 0.3 is 0 Å². The number of hydrogen-bond acceptors (Lipinski definition) is 2. The molecule has 84 valence electrons. The minimum atomic E-state index is 0.0731. The van der Waals surface area contributed by atoms with Crippen molar-refractivity contribution in [2.45, 2.75) is 45.4 Å².